The lowest BCUT2D eigenvalue weighted by Gasteiger charge is -2.06. The number of phenolic OH excluding ortho intramolecular Hbond substituents is 1. The first-order valence-corrected chi connectivity index (χ1v) is 4.99. The molecule has 0 aliphatic heterocycles. The first-order valence-electron chi connectivity index (χ1n) is 4.99. The highest BCUT2D eigenvalue weighted by Crippen LogP contribution is 2.32. The van der Waals surface area contributed by atoms with Crippen LogP contribution < -0.4 is 0 Å². The number of rotatable bonds is 1. The van der Waals surface area contributed by atoms with E-state index in [9.17, 15) is 10.0 Å². The molecular weight excluding hydrogens is 178 g/mol. The van der Waals surface area contributed by atoms with Crippen LogP contribution in [0.4, 0.5) is 5.69 Å². The van der Waals surface area contributed by atoms with Gasteiger partial charge in [-0.3, -0.25) is 0 Å². The van der Waals surface area contributed by atoms with E-state index < -0.39 is 0 Å². The van der Waals surface area contributed by atoms with E-state index in [0.29, 0.717) is 0 Å². The van der Waals surface area contributed by atoms with E-state index in [-0.39, 0.29) is 11.4 Å². The molecule has 0 fully saturated rings. The van der Waals surface area contributed by atoms with Gasteiger partial charge in [0.1, 0.15) is 11.4 Å². The van der Waals surface area contributed by atoms with E-state index in [1.165, 1.54) is 24.0 Å². The predicted octanol–water partition coefficient (Wildman–Crippen LogP) is 3.06. The van der Waals surface area contributed by atoms with Crippen LogP contribution >= 0.6 is 0 Å². The smallest absolute Gasteiger partial charge is 0.149 e. The molecule has 0 amide bonds. The Morgan fingerprint density at radius 1 is 1.07 bits per heavy atom. The fourth-order valence-electron chi connectivity index (χ4n) is 2.01. The number of phenols is 1. The van der Waals surface area contributed by atoms with Gasteiger partial charge in [0, 0.05) is 0 Å². The molecular formula is C11H13NO2. The van der Waals surface area contributed by atoms with E-state index in [0.717, 1.165) is 19.3 Å². The van der Waals surface area contributed by atoms with Crippen LogP contribution in [0.15, 0.2) is 17.3 Å². The van der Waals surface area contributed by atoms with Gasteiger partial charge in [-0.15, -0.1) is 4.91 Å². The summed E-state index contributed by atoms with van der Waals surface area (Å²) in [6.45, 7) is 0. The highest BCUT2D eigenvalue weighted by molar-refractivity contribution is 5.55. The van der Waals surface area contributed by atoms with Crippen molar-refractivity contribution < 1.29 is 5.11 Å². The summed E-state index contributed by atoms with van der Waals surface area (Å²) in [7, 11) is 0. The topological polar surface area (TPSA) is 49.7 Å². The number of hydrogen-bond acceptors (Lipinski definition) is 3. The molecule has 2 rings (SSSR count). The molecule has 3 heteroatoms. The summed E-state index contributed by atoms with van der Waals surface area (Å²) in [5.41, 5.74) is 2.52. The lowest BCUT2D eigenvalue weighted by Crippen LogP contribution is -1.90. The van der Waals surface area contributed by atoms with E-state index in [2.05, 4.69) is 5.18 Å². The maximum Gasteiger partial charge on any atom is 0.149 e. The van der Waals surface area contributed by atoms with E-state index >= 15 is 0 Å². The molecule has 3 nitrogen and oxygen atoms in total. The third kappa shape index (κ3) is 1.62. The monoisotopic (exact) mass is 191 g/mol. The van der Waals surface area contributed by atoms with Crippen molar-refractivity contribution in [2.24, 2.45) is 5.18 Å². The summed E-state index contributed by atoms with van der Waals surface area (Å²) in [6, 6.07) is 3.42. The normalized spacial score (nSPS) is 15.7. The van der Waals surface area contributed by atoms with Gasteiger partial charge in [-0.1, -0.05) is 6.42 Å². The Morgan fingerprint density at radius 2 is 1.71 bits per heavy atom. The van der Waals surface area contributed by atoms with Gasteiger partial charge >= 0.3 is 0 Å². The molecule has 0 saturated carbocycles. The summed E-state index contributed by atoms with van der Waals surface area (Å²) in [4.78, 5) is 10.4. The SMILES string of the molecule is O=Nc1cc2c(cc1O)CCCCC2. The van der Waals surface area contributed by atoms with Crippen molar-refractivity contribution in [1.82, 2.24) is 0 Å². The third-order valence-corrected chi connectivity index (χ3v) is 2.79. The quantitative estimate of drug-likeness (QED) is 0.547. The van der Waals surface area contributed by atoms with E-state index in [1.54, 1.807) is 12.1 Å². The van der Waals surface area contributed by atoms with Crippen molar-refractivity contribution in [1.29, 1.82) is 0 Å². The Morgan fingerprint density at radius 3 is 2.36 bits per heavy atom. The van der Waals surface area contributed by atoms with Crippen molar-refractivity contribution in [3.63, 3.8) is 0 Å². The minimum atomic E-state index is 0.0145. The van der Waals surface area contributed by atoms with E-state index in [1.807, 2.05) is 0 Å². The second kappa shape index (κ2) is 3.78. The number of aryl methyl sites for hydroxylation is 2. The fraction of sp³-hybridized carbons (Fsp3) is 0.455. The second-order valence-electron chi connectivity index (χ2n) is 3.76. The Hall–Kier alpha value is -1.38. The van der Waals surface area contributed by atoms with Gasteiger partial charge in [0.15, 0.2) is 0 Å². The number of nitrogens with zero attached hydrogens (tertiary/aromatic N) is 1. The molecule has 0 atom stereocenters. The van der Waals surface area contributed by atoms with Gasteiger partial charge in [-0.05, 0) is 54.1 Å². The summed E-state index contributed by atoms with van der Waals surface area (Å²) >= 11 is 0. The van der Waals surface area contributed by atoms with Crippen LogP contribution in [0, 0.1) is 4.91 Å². The average Bonchev–Trinajstić information content (AvgIpc) is 2.41. The summed E-state index contributed by atoms with van der Waals surface area (Å²) < 4.78 is 0. The predicted molar refractivity (Wildman–Crippen MR) is 54.8 cm³/mol. The van der Waals surface area contributed by atoms with Crippen molar-refractivity contribution in [3.8, 4) is 5.75 Å². The zero-order chi connectivity index (χ0) is 9.97. The number of nitroso groups, excluding NO2 is 1. The molecule has 0 saturated heterocycles. The standard InChI is InChI=1S/C11H13NO2/c13-11-7-9-5-3-1-2-4-8(9)6-10(11)12-14/h6-7,13H,1-5H2. The van der Waals surface area contributed by atoms with Crippen molar-refractivity contribution in [2.45, 2.75) is 32.1 Å². The number of aromatic hydroxyl groups is 1. The molecule has 1 aromatic carbocycles. The fourth-order valence-corrected chi connectivity index (χ4v) is 2.01. The maximum atomic E-state index is 10.4. The molecule has 0 unspecified atom stereocenters. The molecule has 1 aliphatic rings. The zero-order valence-corrected chi connectivity index (χ0v) is 7.99. The van der Waals surface area contributed by atoms with Crippen LogP contribution in [0.25, 0.3) is 0 Å². The minimum absolute atomic E-state index is 0.0145. The molecule has 1 aromatic rings. The number of hydrogen-bond donors (Lipinski definition) is 1. The summed E-state index contributed by atoms with van der Waals surface area (Å²) in [5, 5.41) is 12.3. The van der Waals surface area contributed by atoms with Crippen LogP contribution in [-0.2, 0) is 12.8 Å². The Balaban J connectivity index is 2.45. The Bertz CT molecular complexity index is 361. The highest BCUT2D eigenvalue weighted by Gasteiger charge is 2.12. The average molecular weight is 191 g/mol. The van der Waals surface area contributed by atoms with Gasteiger partial charge in [0.05, 0.1) is 0 Å². The van der Waals surface area contributed by atoms with Crippen LogP contribution in [0.3, 0.4) is 0 Å². The molecule has 0 spiro atoms. The van der Waals surface area contributed by atoms with Crippen LogP contribution in [0.1, 0.15) is 30.4 Å². The van der Waals surface area contributed by atoms with Crippen molar-refractivity contribution >= 4 is 5.69 Å². The molecule has 0 aromatic heterocycles. The Kier molecular flexibility index (Phi) is 2.48. The van der Waals surface area contributed by atoms with E-state index in [4.69, 9.17) is 0 Å². The third-order valence-electron chi connectivity index (χ3n) is 2.79. The Labute approximate surface area is 82.7 Å². The van der Waals surface area contributed by atoms with Crippen molar-refractivity contribution in [3.05, 3.63) is 28.2 Å². The van der Waals surface area contributed by atoms with Crippen LogP contribution in [0.2, 0.25) is 0 Å². The molecule has 0 bridgehead atoms. The summed E-state index contributed by atoms with van der Waals surface area (Å²) in [5.74, 6) is 0.0145. The second-order valence-corrected chi connectivity index (χ2v) is 3.76. The maximum absolute atomic E-state index is 10.4. The van der Waals surface area contributed by atoms with Crippen molar-refractivity contribution in [2.75, 3.05) is 0 Å². The van der Waals surface area contributed by atoms with Gasteiger partial charge < -0.3 is 5.11 Å². The lowest BCUT2D eigenvalue weighted by molar-refractivity contribution is 0.475. The van der Waals surface area contributed by atoms with Gasteiger partial charge in [-0.25, -0.2) is 0 Å². The molecule has 1 aliphatic carbocycles. The minimum Gasteiger partial charge on any atom is -0.506 e. The van der Waals surface area contributed by atoms with Crippen LogP contribution in [0.5, 0.6) is 5.75 Å². The lowest BCUT2D eigenvalue weighted by atomic mass is 10.0. The molecule has 0 radical (unpaired) electrons. The van der Waals surface area contributed by atoms with Gasteiger partial charge in [-0.2, -0.15) is 0 Å². The van der Waals surface area contributed by atoms with Gasteiger partial charge in [0.2, 0.25) is 0 Å². The van der Waals surface area contributed by atoms with Crippen LogP contribution in [-0.4, -0.2) is 5.11 Å². The first-order chi connectivity index (χ1) is 6.81. The first kappa shape index (κ1) is 9.19. The summed E-state index contributed by atoms with van der Waals surface area (Å²) in [6.07, 6.45) is 5.55. The van der Waals surface area contributed by atoms with Gasteiger partial charge in [0.25, 0.3) is 0 Å². The molecule has 0 heterocycles. The molecule has 1 N–H and O–H groups in total. The molecule has 14 heavy (non-hydrogen) atoms. The highest BCUT2D eigenvalue weighted by atomic mass is 16.3. The number of benzene rings is 1. The largest absolute Gasteiger partial charge is 0.506 e. The number of fused-ring (bicyclic) bond motifs is 1. The zero-order valence-electron chi connectivity index (χ0n) is 7.99. The molecule has 74 valence electrons.